The predicted octanol–water partition coefficient (Wildman–Crippen LogP) is 5.30. The number of aryl methyl sites for hydroxylation is 1. The predicted molar refractivity (Wildman–Crippen MR) is 129 cm³/mol. The largest absolute Gasteiger partial charge is 0.479 e. The number of nitrogens with one attached hydrogen (secondary N) is 2. The second-order valence-corrected chi connectivity index (χ2v) is 8.03. The molecule has 1 unspecified atom stereocenters. The van der Waals surface area contributed by atoms with Gasteiger partial charge in [-0.2, -0.15) is 0 Å². The fraction of sp³-hybridized carbons (Fsp3) is 0.148. The van der Waals surface area contributed by atoms with Gasteiger partial charge in [0.05, 0.1) is 5.69 Å². The summed E-state index contributed by atoms with van der Waals surface area (Å²) >= 11 is 0. The molecule has 3 aromatic carbocycles. The molecule has 0 bridgehead atoms. The smallest absolute Gasteiger partial charge is 0.265 e. The van der Waals surface area contributed by atoms with Crippen LogP contribution in [0.3, 0.4) is 0 Å². The summed E-state index contributed by atoms with van der Waals surface area (Å²) in [6.07, 6.45) is -0.00361. The molecular formula is C27H23N3O4. The van der Waals surface area contributed by atoms with E-state index in [0.717, 1.165) is 16.8 Å². The summed E-state index contributed by atoms with van der Waals surface area (Å²) in [5, 5.41) is 5.64. The average Bonchev–Trinajstić information content (AvgIpc) is 3.29. The normalized spacial score (nSPS) is 14.6. The van der Waals surface area contributed by atoms with E-state index < -0.39 is 6.10 Å². The summed E-state index contributed by atoms with van der Waals surface area (Å²) in [5.74, 6) is 1.35. The molecule has 0 saturated heterocycles. The zero-order chi connectivity index (χ0) is 23.5. The number of ether oxygens (including phenoxy) is 1. The van der Waals surface area contributed by atoms with Crippen molar-refractivity contribution in [1.82, 2.24) is 4.98 Å². The van der Waals surface area contributed by atoms with Gasteiger partial charge >= 0.3 is 0 Å². The first kappa shape index (κ1) is 21.5. The lowest BCUT2D eigenvalue weighted by Gasteiger charge is -2.23. The number of rotatable bonds is 6. The number of hydrogen-bond donors (Lipinski definition) is 2. The van der Waals surface area contributed by atoms with Crippen molar-refractivity contribution >= 4 is 23.2 Å². The lowest BCUT2D eigenvalue weighted by atomic mass is 10.1. The second-order valence-electron chi connectivity index (χ2n) is 8.03. The molecule has 1 atom stereocenters. The van der Waals surface area contributed by atoms with Crippen molar-refractivity contribution in [2.24, 2.45) is 0 Å². The Morgan fingerprint density at radius 1 is 1.00 bits per heavy atom. The average molecular weight is 453 g/mol. The number of oxazole rings is 1. The first-order valence-electron chi connectivity index (χ1n) is 11.1. The Bertz CT molecular complexity index is 1280. The third kappa shape index (κ3) is 4.54. The van der Waals surface area contributed by atoms with Crippen molar-refractivity contribution in [3.8, 4) is 28.3 Å². The molecule has 5 rings (SSSR count). The Labute approximate surface area is 196 Å². The number of benzene rings is 3. The van der Waals surface area contributed by atoms with Gasteiger partial charge in [-0.15, -0.1) is 0 Å². The van der Waals surface area contributed by atoms with Crippen LogP contribution in [0.2, 0.25) is 0 Å². The highest BCUT2D eigenvalue weighted by molar-refractivity contribution is 5.99. The topological polar surface area (TPSA) is 93.5 Å². The number of hydrogen-bond acceptors (Lipinski definition) is 5. The van der Waals surface area contributed by atoms with Gasteiger partial charge in [0.2, 0.25) is 5.91 Å². The quantitative estimate of drug-likeness (QED) is 0.413. The van der Waals surface area contributed by atoms with Crippen LogP contribution in [0.25, 0.3) is 22.6 Å². The van der Waals surface area contributed by atoms with Crippen LogP contribution in [0.15, 0.2) is 83.3 Å². The molecule has 7 nitrogen and oxygen atoms in total. The van der Waals surface area contributed by atoms with Gasteiger partial charge < -0.3 is 19.8 Å². The molecule has 0 fully saturated rings. The van der Waals surface area contributed by atoms with Crippen LogP contribution < -0.4 is 15.4 Å². The van der Waals surface area contributed by atoms with Crippen LogP contribution >= 0.6 is 0 Å². The van der Waals surface area contributed by atoms with Crippen LogP contribution in [0.1, 0.15) is 19.2 Å². The summed E-state index contributed by atoms with van der Waals surface area (Å²) in [6, 6.07) is 24.8. The van der Waals surface area contributed by atoms with Gasteiger partial charge in [0.1, 0.15) is 11.4 Å². The maximum atomic E-state index is 12.6. The third-order valence-corrected chi connectivity index (χ3v) is 5.51. The molecule has 1 aromatic heterocycles. The number of carbonyl (C=O) groups is 2. The van der Waals surface area contributed by atoms with E-state index in [1.165, 1.54) is 0 Å². The van der Waals surface area contributed by atoms with E-state index in [4.69, 9.17) is 14.1 Å². The van der Waals surface area contributed by atoms with Crippen LogP contribution in [-0.2, 0) is 16.0 Å². The SMILES string of the molecule is CC1Oc2ccc(NC(=O)CCc3nc(-c4ccccc4)c(-c4ccccc4)o3)cc2NC1=O. The summed E-state index contributed by atoms with van der Waals surface area (Å²) < 4.78 is 11.6. The minimum Gasteiger partial charge on any atom is -0.479 e. The van der Waals surface area contributed by atoms with Gasteiger partial charge in [0.15, 0.2) is 17.8 Å². The minimum atomic E-state index is -0.546. The van der Waals surface area contributed by atoms with Gasteiger partial charge in [0.25, 0.3) is 5.91 Å². The summed E-state index contributed by atoms with van der Waals surface area (Å²) in [7, 11) is 0. The van der Waals surface area contributed by atoms with Crippen molar-refractivity contribution in [3.05, 3.63) is 84.8 Å². The number of anilines is 2. The molecule has 7 heteroatoms. The summed E-state index contributed by atoms with van der Waals surface area (Å²) in [4.78, 5) is 29.1. The molecule has 0 radical (unpaired) electrons. The summed E-state index contributed by atoms with van der Waals surface area (Å²) in [5.41, 5.74) is 3.74. The fourth-order valence-electron chi connectivity index (χ4n) is 3.78. The van der Waals surface area contributed by atoms with E-state index in [2.05, 4.69) is 10.6 Å². The van der Waals surface area contributed by atoms with Crippen molar-refractivity contribution < 1.29 is 18.7 Å². The second kappa shape index (κ2) is 9.23. The molecule has 0 saturated carbocycles. The molecule has 1 aliphatic heterocycles. The van der Waals surface area contributed by atoms with Crippen molar-refractivity contribution in [1.29, 1.82) is 0 Å². The summed E-state index contributed by atoms with van der Waals surface area (Å²) in [6.45, 7) is 1.68. The molecular weight excluding hydrogens is 430 g/mol. The zero-order valence-electron chi connectivity index (χ0n) is 18.6. The van der Waals surface area contributed by atoms with Crippen molar-refractivity contribution in [2.45, 2.75) is 25.9 Å². The van der Waals surface area contributed by atoms with Gasteiger partial charge in [0, 0.05) is 29.7 Å². The Morgan fingerprint density at radius 3 is 2.44 bits per heavy atom. The standard InChI is InChI=1S/C27H23N3O4/c1-17-27(32)29-21-16-20(12-13-22(21)33-17)28-23(31)14-15-24-30-25(18-8-4-2-5-9-18)26(34-24)19-10-6-3-7-11-19/h2-13,16-17H,14-15H2,1H3,(H,28,31)(H,29,32). The first-order valence-corrected chi connectivity index (χ1v) is 11.1. The van der Waals surface area contributed by atoms with E-state index in [0.29, 0.717) is 35.2 Å². The number of amides is 2. The van der Waals surface area contributed by atoms with Crippen molar-refractivity contribution in [3.63, 3.8) is 0 Å². The van der Waals surface area contributed by atoms with Gasteiger partial charge in [-0.1, -0.05) is 60.7 Å². The van der Waals surface area contributed by atoms with Gasteiger partial charge in [-0.3, -0.25) is 9.59 Å². The Kier molecular flexibility index (Phi) is 5.82. The van der Waals surface area contributed by atoms with Gasteiger partial charge in [-0.25, -0.2) is 4.98 Å². The van der Waals surface area contributed by atoms with Crippen molar-refractivity contribution in [2.75, 3.05) is 10.6 Å². The third-order valence-electron chi connectivity index (χ3n) is 5.51. The molecule has 2 heterocycles. The number of nitrogens with zero attached hydrogens (tertiary/aromatic N) is 1. The lowest BCUT2D eigenvalue weighted by Crippen LogP contribution is -2.34. The highest BCUT2D eigenvalue weighted by atomic mass is 16.5. The molecule has 2 N–H and O–H groups in total. The highest BCUT2D eigenvalue weighted by Gasteiger charge is 2.24. The Balaban J connectivity index is 1.30. The lowest BCUT2D eigenvalue weighted by molar-refractivity contribution is -0.122. The fourth-order valence-corrected chi connectivity index (χ4v) is 3.78. The highest BCUT2D eigenvalue weighted by Crippen LogP contribution is 2.34. The van der Waals surface area contributed by atoms with Crippen LogP contribution in [0, 0.1) is 0 Å². The van der Waals surface area contributed by atoms with Crippen LogP contribution in [0.5, 0.6) is 5.75 Å². The molecule has 2 amide bonds. The van der Waals surface area contributed by atoms with E-state index in [9.17, 15) is 9.59 Å². The Hall–Kier alpha value is -4.39. The maximum Gasteiger partial charge on any atom is 0.265 e. The Morgan fingerprint density at radius 2 is 1.71 bits per heavy atom. The van der Waals surface area contributed by atoms with Crippen LogP contribution in [0.4, 0.5) is 11.4 Å². The monoisotopic (exact) mass is 453 g/mol. The van der Waals surface area contributed by atoms with Crippen LogP contribution in [-0.4, -0.2) is 22.9 Å². The van der Waals surface area contributed by atoms with E-state index in [1.807, 2.05) is 60.7 Å². The molecule has 170 valence electrons. The maximum absolute atomic E-state index is 12.6. The van der Waals surface area contributed by atoms with E-state index in [1.54, 1.807) is 25.1 Å². The number of aromatic nitrogens is 1. The first-order chi connectivity index (χ1) is 16.6. The molecule has 0 aliphatic carbocycles. The number of fused-ring (bicyclic) bond motifs is 1. The number of carbonyl (C=O) groups excluding carboxylic acids is 2. The molecule has 0 spiro atoms. The zero-order valence-corrected chi connectivity index (χ0v) is 18.6. The molecule has 4 aromatic rings. The molecule has 1 aliphatic rings. The molecule has 34 heavy (non-hydrogen) atoms. The minimum absolute atomic E-state index is 0.183. The van der Waals surface area contributed by atoms with Gasteiger partial charge in [-0.05, 0) is 25.1 Å². The van der Waals surface area contributed by atoms with E-state index in [-0.39, 0.29) is 18.2 Å². The van der Waals surface area contributed by atoms with E-state index >= 15 is 0 Å².